The molecule has 24 heavy (non-hydrogen) atoms. The second-order valence-corrected chi connectivity index (χ2v) is 5.33. The van der Waals surface area contributed by atoms with Crippen molar-refractivity contribution in [2.75, 3.05) is 18.9 Å². The van der Waals surface area contributed by atoms with Crippen molar-refractivity contribution in [3.8, 4) is 11.6 Å². The van der Waals surface area contributed by atoms with Gasteiger partial charge in [0.1, 0.15) is 5.75 Å². The lowest BCUT2D eigenvalue weighted by Gasteiger charge is -2.12. The topological polar surface area (TPSA) is 63.2 Å². The molecule has 1 atom stereocenters. The first kappa shape index (κ1) is 22.5. The normalized spacial score (nSPS) is 10.8. The van der Waals surface area contributed by atoms with Crippen LogP contribution >= 0.6 is 36.4 Å². The van der Waals surface area contributed by atoms with Crippen LogP contribution in [0.3, 0.4) is 0 Å². The van der Waals surface area contributed by atoms with Crippen LogP contribution in [0, 0.1) is 5.92 Å². The monoisotopic (exact) mass is 391 g/mol. The Labute approximate surface area is 159 Å². The standard InChI is InChI=1S/C16H18ClN3O2.2ClH/c1-11(9-18-2)16(21)20-13-4-6-14(7-5-13)22-15-8-3-12(17)10-19-15;;/h3-8,10-11,18H,9H2,1-2H3,(H,20,21);2*1H. The maximum Gasteiger partial charge on any atom is 0.228 e. The van der Waals surface area contributed by atoms with E-state index >= 15 is 0 Å². The van der Waals surface area contributed by atoms with E-state index in [-0.39, 0.29) is 36.6 Å². The number of amides is 1. The lowest BCUT2D eigenvalue weighted by molar-refractivity contribution is -0.119. The van der Waals surface area contributed by atoms with Crippen molar-refractivity contribution in [2.45, 2.75) is 6.92 Å². The average Bonchev–Trinajstić information content (AvgIpc) is 2.51. The van der Waals surface area contributed by atoms with Crippen LogP contribution in [0.25, 0.3) is 0 Å². The van der Waals surface area contributed by atoms with Crippen molar-refractivity contribution < 1.29 is 9.53 Å². The highest BCUT2D eigenvalue weighted by molar-refractivity contribution is 6.30. The van der Waals surface area contributed by atoms with Crippen LogP contribution in [-0.2, 0) is 4.79 Å². The molecule has 0 aliphatic heterocycles. The highest BCUT2D eigenvalue weighted by Gasteiger charge is 2.11. The average molecular weight is 393 g/mol. The van der Waals surface area contributed by atoms with Crippen LogP contribution in [0.1, 0.15) is 6.92 Å². The molecule has 1 aromatic carbocycles. The summed E-state index contributed by atoms with van der Waals surface area (Å²) in [4.78, 5) is 16.0. The Hall–Kier alpha value is -1.53. The predicted octanol–water partition coefficient (Wildman–Crippen LogP) is 4.16. The van der Waals surface area contributed by atoms with Gasteiger partial charge >= 0.3 is 0 Å². The second-order valence-electron chi connectivity index (χ2n) is 4.89. The smallest absolute Gasteiger partial charge is 0.228 e. The van der Waals surface area contributed by atoms with E-state index in [0.29, 0.717) is 23.2 Å². The van der Waals surface area contributed by atoms with Crippen molar-refractivity contribution >= 4 is 48.0 Å². The minimum Gasteiger partial charge on any atom is -0.439 e. The molecule has 1 aromatic heterocycles. The van der Waals surface area contributed by atoms with Crippen LogP contribution < -0.4 is 15.4 Å². The fourth-order valence-corrected chi connectivity index (χ4v) is 1.93. The van der Waals surface area contributed by atoms with Gasteiger partial charge in [-0.2, -0.15) is 0 Å². The molecule has 2 aromatic rings. The summed E-state index contributed by atoms with van der Waals surface area (Å²) in [6, 6.07) is 10.5. The van der Waals surface area contributed by atoms with Gasteiger partial charge in [-0.25, -0.2) is 4.98 Å². The van der Waals surface area contributed by atoms with Gasteiger partial charge in [-0.05, 0) is 37.4 Å². The van der Waals surface area contributed by atoms with E-state index in [1.807, 2.05) is 14.0 Å². The van der Waals surface area contributed by atoms with Crippen LogP contribution in [0.5, 0.6) is 11.6 Å². The first-order valence-corrected chi connectivity index (χ1v) is 7.31. The molecule has 1 unspecified atom stereocenters. The summed E-state index contributed by atoms with van der Waals surface area (Å²) in [7, 11) is 1.82. The molecule has 5 nitrogen and oxygen atoms in total. The van der Waals surface area contributed by atoms with Gasteiger partial charge in [0.25, 0.3) is 0 Å². The molecule has 0 saturated heterocycles. The van der Waals surface area contributed by atoms with Gasteiger partial charge in [-0.15, -0.1) is 24.8 Å². The number of carbonyl (C=O) groups excluding carboxylic acids is 1. The first-order chi connectivity index (χ1) is 10.6. The summed E-state index contributed by atoms with van der Waals surface area (Å²) in [5.41, 5.74) is 0.726. The summed E-state index contributed by atoms with van der Waals surface area (Å²) in [5, 5.41) is 6.39. The Balaban J connectivity index is 0.00000264. The predicted molar refractivity (Wildman–Crippen MR) is 102 cm³/mol. The molecule has 2 N–H and O–H groups in total. The fraction of sp³-hybridized carbons (Fsp3) is 0.250. The van der Waals surface area contributed by atoms with E-state index in [4.69, 9.17) is 16.3 Å². The largest absolute Gasteiger partial charge is 0.439 e. The Morgan fingerprint density at radius 2 is 1.88 bits per heavy atom. The number of pyridine rings is 1. The number of halogens is 3. The molecule has 0 aliphatic rings. The maximum atomic E-state index is 11.9. The van der Waals surface area contributed by atoms with Crippen molar-refractivity contribution in [1.82, 2.24) is 10.3 Å². The molecule has 0 spiro atoms. The minimum absolute atomic E-state index is 0. The molecule has 1 heterocycles. The second kappa shape index (κ2) is 11.1. The molecule has 1 amide bonds. The van der Waals surface area contributed by atoms with Crippen molar-refractivity contribution in [2.24, 2.45) is 5.92 Å². The number of nitrogens with zero attached hydrogens (tertiary/aromatic N) is 1. The number of aromatic nitrogens is 1. The molecule has 2 rings (SSSR count). The van der Waals surface area contributed by atoms with Crippen LogP contribution in [0.2, 0.25) is 5.02 Å². The number of nitrogens with one attached hydrogen (secondary N) is 2. The Morgan fingerprint density at radius 3 is 2.42 bits per heavy atom. The van der Waals surface area contributed by atoms with Gasteiger partial charge in [0.05, 0.1) is 5.02 Å². The van der Waals surface area contributed by atoms with Crippen molar-refractivity contribution in [3.63, 3.8) is 0 Å². The number of carbonyl (C=O) groups is 1. The number of anilines is 1. The number of benzene rings is 1. The zero-order valence-electron chi connectivity index (χ0n) is 13.3. The van der Waals surface area contributed by atoms with Crippen LogP contribution in [0.4, 0.5) is 5.69 Å². The third kappa shape index (κ3) is 6.93. The number of hydrogen-bond acceptors (Lipinski definition) is 4. The van der Waals surface area contributed by atoms with E-state index in [0.717, 1.165) is 5.69 Å². The van der Waals surface area contributed by atoms with E-state index < -0.39 is 0 Å². The van der Waals surface area contributed by atoms with Crippen molar-refractivity contribution in [1.29, 1.82) is 0 Å². The Morgan fingerprint density at radius 1 is 1.21 bits per heavy atom. The molecule has 0 radical (unpaired) electrons. The zero-order chi connectivity index (χ0) is 15.9. The summed E-state index contributed by atoms with van der Waals surface area (Å²) < 4.78 is 5.59. The zero-order valence-corrected chi connectivity index (χ0v) is 15.7. The molecule has 0 bridgehead atoms. The summed E-state index contributed by atoms with van der Waals surface area (Å²) in [5.74, 6) is 0.974. The van der Waals surface area contributed by atoms with Crippen LogP contribution in [0.15, 0.2) is 42.6 Å². The van der Waals surface area contributed by atoms with Crippen LogP contribution in [-0.4, -0.2) is 24.5 Å². The lowest BCUT2D eigenvalue weighted by Crippen LogP contribution is -2.28. The molecule has 8 heteroatoms. The van der Waals surface area contributed by atoms with Gasteiger partial charge in [0.2, 0.25) is 11.8 Å². The number of rotatable bonds is 6. The van der Waals surface area contributed by atoms with Crippen molar-refractivity contribution in [3.05, 3.63) is 47.6 Å². The van der Waals surface area contributed by atoms with Gasteiger partial charge in [0.15, 0.2) is 0 Å². The van der Waals surface area contributed by atoms with E-state index in [1.54, 1.807) is 36.4 Å². The van der Waals surface area contributed by atoms with E-state index in [1.165, 1.54) is 6.20 Å². The Bertz CT molecular complexity index is 621. The third-order valence-corrected chi connectivity index (χ3v) is 3.23. The highest BCUT2D eigenvalue weighted by Crippen LogP contribution is 2.22. The first-order valence-electron chi connectivity index (χ1n) is 6.93. The fourth-order valence-electron chi connectivity index (χ4n) is 1.81. The molecule has 132 valence electrons. The quantitative estimate of drug-likeness (QED) is 0.774. The molecular weight excluding hydrogens is 373 g/mol. The SMILES string of the molecule is CNCC(C)C(=O)Nc1ccc(Oc2ccc(Cl)cn2)cc1.Cl.Cl. The molecule has 0 aliphatic carbocycles. The molecule has 0 saturated carbocycles. The maximum absolute atomic E-state index is 11.9. The van der Waals surface area contributed by atoms with E-state index in [2.05, 4.69) is 15.6 Å². The van der Waals surface area contributed by atoms with Gasteiger partial charge in [0, 0.05) is 30.4 Å². The third-order valence-electron chi connectivity index (χ3n) is 3.00. The summed E-state index contributed by atoms with van der Waals surface area (Å²) in [6.45, 7) is 2.50. The number of hydrogen-bond donors (Lipinski definition) is 2. The Kier molecular flexibility index (Phi) is 10.4. The van der Waals surface area contributed by atoms with Gasteiger partial charge in [-0.1, -0.05) is 18.5 Å². The minimum atomic E-state index is -0.0980. The van der Waals surface area contributed by atoms with Gasteiger partial charge < -0.3 is 15.4 Å². The lowest BCUT2D eigenvalue weighted by atomic mass is 10.1. The van der Waals surface area contributed by atoms with E-state index in [9.17, 15) is 4.79 Å². The molecule has 0 fully saturated rings. The molecular formula is C16H20Cl3N3O2. The summed E-state index contributed by atoms with van der Waals surface area (Å²) in [6.07, 6.45) is 1.52. The summed E-state index contributed by atoms with van der Waals surface area (Å²) >= 11 is 5.77. The number of ether oxygens (including phenoxy) is 1. The highest BCUT2D eigenvalue weighted by atomic mass is 35.5. The van der Waals surface area contributed by atoms with Gasteiger partial charge in [-0.3, -0.25) is 4.79 Å².